The molecule has 5 nitrogen and oxygen atoms in total. The lowest BCUT2D eigenvalue weighted by atomic mass is 9.91. The molecule has 0 aromatic rings. The molecular formula is C21H36N2O3. The first-order valence-corrected chi connectivity index (χ1v) is 11.0. The summed E-state index contributed by atoms with van der Waals surface area (Å²) in [5.74, 6) is 0.408. The zero-order valence-corrected chi connectivity index (χ0v) is 16.5. The van der Waals surface area contributed by atoms with Crippen molar-refractivity contribution in [2.45, 2.75) is 76.5 Å². The second-order valence-electron chi connectivity index (χ2n) is 8.89. The summed E-state index contributed by atoms with van der Waals surface area (Å²) in [6.07, 6.45) is 10.6. The molecule has 1 spiro atoms. The molecule has 26 heavy (non-hydrogen) atoms. The van der Waals surface area contributed by atoms with E-state index in [2.05, 4.69) is 16.7 Å². The van der Waals surface area contributed by atoms with Crippen molar-refractivity contribution >= 4 is 5.91 Å². The maximum atomic E-state index is 13.1. The number of hydrogen-bond acceptors (Lipinski definition) is 4. The predicted molar refractivity (Wildman–Crippen MR) is 101 cm³/mol. The molecule has 0 bridgehead atoms. The number of amides is 1. The fourth-order valence-electron chi connectivity index (χ4n) is 5.57. The van der Waals surface area contributed by atoms with Gasteiger partial charge in [0.25, 0.3) is 0 Å². The number of carbonyl (C=O) groups excluding carboxylic acids is 1. The van der Waals surface area contributed by atoms with E-state index in [1.165, 1.54) is 38.8 Å². The Morgan fingerprint density at radius 1 is 1.00 bits per heavy atom. The molecule has 5 heteroatoms. The van der Waals surface area contributed by atoms with Gasteiger partial charge in [0.05, 0.1) is 19.1 Å². The second-order valence-corrected chi connectivity index (χ2v) is 8.89. The zero-order chi connectivity index (χ0) is 18.0. The lowest BCUT2D eigenvalue weighted by Crippen LogP contribution is -2.48. The van der Waals surface area contributed by atoms with Crippen molar-refractivity contribution in [3.63, 3.8) is 0 Å². The van der Waals surface area contributed by atoms with Crippen molar-refractivity contribution in [2.24, 2.45) is 11.8 Å². The van der Waals surface area contributed by atoms with E-state index in [1.807, 2.05) is 0 Å². The van der Waals surface area contributed by atoms with Gasteiger partial charge < -0.3 is 19.3 Å². The molecule has 0 aromatic heterocycles. The third-order valence-electron chi connectivity index (χ3n) is 7.31. The van der Waals surface area contributed by atoms with Gasteiger partial charge in [-0.2, -0.15) is 0 Å². The molecule has 148 valence electrons. The Hall–Kier alpha value is -0.650. The first-order valence-electron chi connectivity index (χ1n) is 11.0. The lowest BCUT2D eigenvalue weighted by molar-refractivity contribution is -0.192. The molecule has 1 aliphatic carbocycles. The predicted octanol–water partition coefficient (Wildman–Crippen LogP) is 3.03. The summed E-state index contributed by atoms with van der Waals surface area (Å²) < 4.78 is 11.8. The normalized spacial score (nSPS) is 33.2. The van der Waals surface area contributed by atoms with E-state index in [4.69, 9.17) is 9.47 Å². The fraction of sp³-hybridized carbons (Fsp3) is 0.952. The molecule has 0 unspecified atom stereocenters. The Morgan fingerprint density at radius 2 is 1.77 bits per heavy atom. The van der Waals surface area contributed by atoms with E-state index in [1.54, 1.807) is 0 Å². The zero-order valence-electron chi connectivity index (χ0n) is 16.5. The maximum Gasteiger partial charge on any atom is 0.231 e. The maximum absolute atomic E-state index is 13.1. The Morgan fingerprint density at radius 3 is 2.50 bits per heavy atom. The molecule has 3 aliphatic heterocycles. The fourth-order valence-corrected chi connectivity index (χ4v) is 5.57. The van der Waals surface area contributed by atoms with Crippen LogP contribution in [0.3, 0.4) is 0 Å². The van der Waals surface area contributed by atoms with E-state index in [9.17, 15) is 4.79 Å². The molecule has 2 atom stereocenters. The third-order valence-corrected chi connectivity index (χ3v) is 7.31. The summed E-state index contributed by atoms with van der Waals surface area (Å²) in [5, 5.41) is 0. The van der Waals surface area contributed by atoms with Crippen LogP contribution in [0.2, 0.25) is 0 Å². The van der Waals surface area contributed by atoms with E-state index >= 15 is 0 Å². The van der Waals surface area contributed by atoms with Crippen molar-refractivity contribution < 1.29 is 14.3 Å². The average Bonchev–Trinajstić information content (AvgIpc) is 3.31. The summed E-state index contributed by atoms with van der Waals surface area (Å²) in [6.45, 7) is 8.03. The SMILES string of the molecule is C[C@H]1CCCCN1CCC1CCN(C(=O)[C@H]2CCCC23OCCO3)CC1. The van der Waals surface area contributed by atoms with Crippen molar-refractivity contribution in [1.29, 1.82) is 0 Å². The monoisotopic (exact) mass is 364 g/mol. The molecule has 1 saturated carbocycles. The van der Waals surface area contributed by atoms with Crippen LogP contribution >= 0.6 is 0 Å². The molecule has 3 heterocycles. The molecule has 3 saturated heterocycles. The molecule has 4 fully saturated rings. The van der Waals surface area contributed by atoms with Gasteiger partial charge in [-0.1, -0.05) is 6.42 Å². The minimum Gasteiger partial charge on any atom is -0.347 e. The Balaban J connectivity index is 1.24. The molecular weight excluding hydrogens is 328 g/mol. The highest BCUT2D eigenvalue weighted by molar-refractivity contribution is 5.80. The molecule has 0 radical (unpaired) electrons. The Bertz CT molecular complexity index is 478. The Kier molecular flexibility index (Phi) is 5.87. The van der Waals surface area contributed by atoms with Crippen molar-refractivity contribution in [2.75, 3.05) is 39.4 Å². The topological polar surface area (TPSA) is 42.0 Å². The largest absolute Gasteiger partial charge is 0.347 e. The number of piperidine rings is 2. The summed E-state index contributed by atoms with van der Waals surface area (Å²) in [4.78, 5) is 17.9. The van der Waals surface area contributed by atoms with Gasteiger partial charge in [0.2, 0.25) is 5.91 Å². The lowest BCUT2D eigenvalue weighted by Gasteiger charge is -2.38. The summed E-state index contributed by atoms with van der Waals surface area (Å²) >= 11 is 0. The van der Waals surface area contributed by atoms with Crippen molar-refractivity contribution in [1.82, 2.24) is 9.80 Å². The second kappa shape index (κ2) is 8.15. The smallest absolute Gasteiger partial charge is 0.231 e. The summed E-state index contributed by atoms with van der Waals surface area (Å²) in [7, 11) is 0. The average molecular weight is 365 g/mol. The Labute approximate surface area is 158 Å². The van der Waals surface area contributed by atoms with Crippen molar-refractivity contribution in [3.8, 4) is 0 Å². The number of carbonyl (C=O) groups is 1. The highest BCUT2D eigenvalue weighted by Gasteiger charge is 2.52. The number of rotatable bonds is 4. The van der Waals surface area contributed by atoms with Crippen LogP contribution in [0.25, 0.3) is 0 Å². The van der Waals surface area contributed by atoms with Gasteiger partial charge in [-0.05, 0) is 70.9 Å². The minimum absolute atomic E-state index is 0.0734. The quantitative estimate of drug-likeness (QED) is 0.769. The molecule has 0 N–H and O–H groups in total. The van der Waals surface area contributed by atoms with Gasteiger partial charge in [0, 0.05) is 25.6 Å². The molecule has 0 aromatic carbocycles. The number of ether oxygens (including phenoxy) is 2. The number of hydrogen-bond donors (Lipinski definition) is 0. The van der Waals surface area contributed by atoms with Gasteiger partial charge in [-0.25, -0.2) is 0 Å². The highest BCUT2D eigenvalue weighted by Crippen LogP contribution is 2.43. The van der Waals surface area contributed by atoms with Gasteiger partial charge >= 0.3 is 0 Å². The van der Waals surface area contributed by atoms with Crippen LogP contribution in [-0.2, 0) is 14.3 Å². The van der Waals surface area contributed by atoms with Crippen LogP contribution in [0.1, 0.15) is 64.7 Å². The standard InChI is InChI=1S/C21H36N2O3/c1-17-5-2-3-11-22(17)12-7-18-8-13-23(14-9-18)20(24)19-6-4-10-21(19)25-15-16-26-21/h17-19H,2-16H2,1H3/t17-,19+/m0/s1. The minimum atomic E-state index is -0.585. The first-order chi connectivity index (χ1) is 12.7. The van der Waals surface area contributed by atoms with Crippen LogP contribution in [0.5, 0.6) is 0 Å². The summed E-state index contributed by atoms with van der Waals surface area (Å²) in [5.41, 5.74) is 0. The summed E-state index contributed by atoms with van der Waals surface area (Å²) in [6, 6.07) is 0.760. The van der Waals surface area contributed by atoms with E-state index in [-0.39, 0.29) is 11.8 Å². The number of nitrogens with zero attached hydrogens (tertiary/aromatic N) is 2. The van der Waals surface area contributed by atoms with Crippen molar-refractivity contribution in [3.05, 3.63) is 0 Å². The third kappa shape index (κ3) is 3.81. The van der Waals surface area contributed by atoms with E-state index in [0.29, 0.717) is 13.2 Å². The molecule has 4 rings (SSSR count). The van der Waals surface area contributed by atoms with Crippen LogP contribution in [0.4, 0.5) is 0 Å². The first kappa shape index (κ1) is 18.7. The van der Waals surface area contributed by atoms with Gasteiger partial charge in [0.15, 0.2) is 5.79 Å². The molecule has 4 aliphatic rings. The highest BCUT2D eigenvalue weighted by atomic mass is 16.7. The van der Waals surface area contributed by atoms with Gasteiger partial charge in [0.1, 0.15) is 0 Å². The van der Waals surface area contributed by atoms with Crippen LogP contribution in [0.15, 0.2) is 0 Å². The van der Waals surface area contributed by atoms with Gasteiger partial charge in [-0.3, -0.25) is 4.79 Å². The molecule has 1 amide bonds. The van der Waals surface area contributed by atoms with Crippen LogP contribution in [-0.4, -0.2) is 66.9 Å². The van der Waals surface area contributed by atoms with E-state index < -0.39 is 5.79 Å². The van der Waals surface area contributed by atoms with E-state index in [0.717, 1.165) is 57.2 Å². The van der Waals surface area contributed by atoms with Crippen LogP contribution < -0.4 is 0 Å². The number of likely N-dealkylation sites (tertiary alicyclic amines) is 2. The van der Waals surface area contributed by atoms with Gasteiger partial charge in [-0.15, -0.1) is 0 Å². The van der Waals surface area contributed by atoms with Crippen LogP contribution in [0, 0.1) is 11.8 Å².